The van der Waals surface area contributed by atoms with Crippen LogP contribution < -0.4 is 5.32 Å². The van der Waals surface area contributed by atoms with E-state index in [4.69, 9.17) is 16.3 Å². The predicted molar refractivity (Wildman–Crippen MR) is 69.5 cm³/mol. The van der Waals surface area contributed by atoms with Gasteiger partial charge in [0.2, 0.25) is 0 Å². The molecule has 2 heterocycles. The summed E-state index contributed by atoms with van der Waals surface area (Å²) in [5, 5.41) is 4.38. The Bertz CT molecular complexity index is 384. The van der Waals surface area contributed by atoms with Gasteiger partial charge in [-0.2, -0.15) is 0 Å². The van der Waals surface area contributed by atoms with Crippen molar-refractivity contribution in [1.82, 2.24) is 5.32 Å². The molecule has 1 unspecified atom stereocenters. The fourth-order valence-electron chi connectivity index (χ4n) is 3.27. The summed E-state index contributed by atoms with van der Waals surface area (Å²) in [7, 11) is 0. The van der Waals surface area contributed by atoms with Crippen LogP contribution in [0.5, 0.6) is 0 Å². The minimum atomic E-state index is 0.409. The summed E-state index contributed by atoms with van der Waals surface area (Å²) in [6.45, 7) is 4.03. The Morgan fingerprint density at radius 3 is 2.59 bits per heavy atom. The van der Waals surface area contributed by atoms with E-state index in [0.717, 1.165) is 31.3 Å². The van der Waals surface area contributed by atoms with Gasteiger partial charge in [0.1, 0.15) is 0 Å². The first-order chi connectivity index (χ1) is 8.30. The van der Waals surface area contributed by atoms with Crippen molar-refractivity contribution in [3.63, 3.8) is 0 Å². The standard InChI is InChI=1S/C14H18ClNO/c15-12-3-1-11(2-4-12)13-9-16-10-14(13)5-7-17-8-6-14/h1-4,13,16H,5-10H2. The van der Waals surface area contributed by atoms with Crippen LogP contribution in [-0.4, -0.2) is 26.3 Å². The van der Waals surface area contributed by atoms with Crippen LogP contribution >= 0.6 is 11.6 Å². The normalized spacial score (nSPS) is 27.5. The molecular weight excluding hydrogens is 234 g/mol. The molecule has 1 N–H and O–H groups in total. The van der Waals surface area contributed by atoms with Crippen molar-refractivity contribution in [2.45, 2.75) is 18.8 Å². The average Bonchev–Trinajstić information content (AvgIpc) is 2.75. The molecule has 1 aromatic carbocycles. The summed E-state index contributed by atoms with van der Waals surface area (Å²) in [5.41, 5.74) is 1.83. The summed E-state index contributed by atoms with van der Waals surface area (Å²) in [4.78, 5) is 0. The molecule has 0 bridgehead atoms. The fraction of sp³-hybridized carbons (Fsp3) is 0.571. The van der Waals surface area contributed by atoms with Crippen LogP contribution in [0.25, 0.3) is 0 Å². The topological polar surface area (TPSA) is 21.3 Å². The summed E-state index contributed by atoms with van der Waals surface area (Å²) in [5.74, 6) is 0.615. The van der Waals surface area contributed by atoms with Gasteiger partial charge in [-0.25, -0.2) is 0 Å². The first kappa shape index (κ1) is 11.5. The molecule has 0 amide bonds. The molecule has 2 nitrogen and oxygen atoms in total. The number of halogens is 1. The third kappa shape index (κ3) is 2.10. The largest absolute Gasteiger partial charge is 0.381 e. The van der Waals surface area contributed by atoms with Gasteiger partial charge in [-0.15, -0.1) is 0 Å². The van der Waals surface area contributed by atoms with Crippen LogP contribution in [0.2, 0.25) is 5.02 Å². The molecule has 0 saturated carbocycles. The van der Waals surface area contributed by atoms with Gasteiger partial charge in [0, 0.05) is 37.2 Å². The van der Waals surface area contributed by atoms with Crippen LogP contribution in [0.1, 0.15) is 24.3 Å². The van der Waals surface area contributed by atoms with Crippen molar-refractivity contribution in [3.8, 4) is 0 Å². The maximum Gasteiger partial charge on any atom is 0.0472 e. The van der Waals surface area contributed by atoms with E-state index in [1.54, 1.807) is 0 Å². The van der Waals surface area contributed by atoms with Gasteiger partial charge in [0.25, 0.3) is 0 Å². The Morgan fingerprint density at radius 1 is 1.18 bits per heavy atom. The lowest BCUT2D eigenvalue weighted by atomic mass is 9.69. The second kappa shape index (κ2) is 4.60. The highest BCUT2D eigenvalue weighted by atomic mass is 35.5. The monoisotopic (exact) mass is 251 g/mol. The molecule has 2 saturated heterocycles. The maximum atomic E-state index is 5.96. The average molecular weight is 252 g/mol. The van der Waals surface area contributed by atoms with E-state index in [1.165, 1.54) is 18.4 Å². The molecule has 2 aliphatic rings. The molecule has 3 rings (SSSR count). The van der Waals surface area contributed by atoms with Crippen molar-refractivity contribution >= 4 is 11.6 Å². The first-order valence-corrected chi connectivity index (χ1v) is 6.72. The number of hydrogen-bond donors (Lipinski definition) is 1. The van der Waals surface area contributed by atoms with E-state index in [1.807, 2.05) is 12.1 Å². The number of hydrogen-bond acceptors (Lipinski definition) is 2. The highest BCUT2D eigenvalue weighted by molar-refractivity contribution is 6.30. The molecule has 0 aromatic heterocycles. The summed E-state index contributed by atoms with van der Waals surface area (Å²) < 4.78 is 5.51. The molecule has 1 spiro atoms. The molecule has 1 atom stereocenters. The molecule has 0 radical (unpaired) electrons. The zero-order valence-corrected chi connectivity index (χ0v) is 10.7. The van der Waals surface area contributed by atoms with E-state index < -0.39 is 0 Å². The highest BCUT2D eigenvalue weighted by Gasteiger charge is 2.44. The highest BCUT2D eigenvalue weighted by Crippen LogP contribution is 2.46. The Balaban J connectivity index is 1.88. The molecule has 2 aliphatic heterocycles. The van der Waals surface area contributed by atoms with E-state index >= 15 is 0 Å². The Morgan fingerprint density at radius 2 is 1.88 bits per heavy atom. The molecule has 2 fully saturated rings. The third-order valence-electron chi connectivity index (χ3n) is 4.33. The lowest BCUT2D eigenvalue weighted by Crippen LogP contribution is -2.35. The predicted octanol–water partition coefficient (Wildman–Crippen LogP) is 2.82. The lowest BCUT2D eigenvalue weighted by Gasteiger charge is -2.38. The second-order valence-corrected chi connectivity index (χ2v) is 5.65. The minimum Gasteiger partial charge on any atom is -0.381 e. The van der Waals surface area contributed by atoms with Gasteiger partial charge < -0.3 is 10.1 Å². The van der Waals surface area contributed by atoms with Crippen LogP contribution in [0.3, 0.4) is 0 Å². The number of ether oxygens (including phenoxy) is 1. The minimum absolute atomic E-state index is 0.409. The summed E-state index contributed by atoms with van der Waals surface area (Å²) >= 11 is 5.96. The fourth-order valence-corrected chi connectivity index (χ4v) is 3.40. The van der Waals surface area contributed by atoms with Gasteiger partial charge in [-0.3, -0.25) is 0 Å². The summed E-state index contributed by atoms with van der Waals surface area (Å²) in [6, 6.07) is 8.36. The Hall–Kier alpha value is -0.570. The van der Waals surface area contributed by atoms with Gasteiger partial charge in [0.15, 0.2) is 0 Å². The van der Waals surface area contributed by atoms with Gasteiger partial charge >= 0.3 is 0 Å². The molecule has 17 heavy (non-hydrogen) atoms. The number of benzene rings is 1. The van der Waals surface area contributed by atoms with Crippen molar-refractivity contribution in [1.29, 1.82) is 0 Å². The smallest absolute Gasteiger partial charge is 0.0472 e. The molecule has 92 valence electrons. The van der Waals surface area contributed by atoms with Crippen LogP contribution in [0.15, 0.2) is 24.3 Å². The number of nitrogens with one attached hydrogen (secondary N) is 1. The van der Waals surface area contributed by atoms with Crippen LogP contribution in [-0.2, 0) is 4.74 Å². The van der Waals surface area contributed by atoms with E-state index in [0.29, 0.717) is 11.3 Å². The lowest BCUT2D eigenvalue weighted by molar-refractivity contribution is 0.0165. The third-order valence-corrected chi connectivity index (χ3v) is 4.58. The van der Waals surface area contributed by atoms with Gasteiger partial charge in [-0.05, 0) is 36.0 Å². The SMILES string of the molecule is Clc1ccc(C2CNCC23CCOCC3)cc1. The second-order valence-electron chi connectivity index (χ2n) is 5.21. The van der Waals surface area contributed by atoms with Crippen LogP contribution in [0.4, 0.5) is 0 Å². The van der Waals surface area contributed by atoms with Crippen molar-refractivity contribution in [3.05, 3.63) is 34.9 Å². The van der Waals surface area contributed by atoms with E-state index in [9.17, 15) is 0 Å². The molecule has 1 aromatic rings. The zero-order chi connectivity index (χ0) is 11.7. The van der Waals surface area contributed by atoms with Gasteiger partial charge in [0.05, 0.1) is 0 Å². The quantitative estimate of drug-likeness (QED) is 0.829. The Labute approximate surface area is 107 Å². The Kier molecular flexibility index (Phi) is 3.12. The van der Waals surface area contributed by atoms with Crippen molar-refractivity contribution in [2.24, 2.45) is 5.41 Å². The molecular formula is C14H18ClNO. The molecule has 3 heteroatoms. The molecule has 0 aliphatic carbocycles. The maximum absolute atomic E-state index is 5.96. The van der Waals surface area contributed by atoms with E-state index in [2.05, 4.69) is 17.4 Å². The zero-order valence-electron chi connectivity index (χ0n) is 9.92. The van der Waals surface area contributed by atoms with Gasteiger partial charge in [-0.1, -0.05) is 23.7 Å². The first-order valence-electron chi connectivity index (χ1n) is 6.34. The van der Waals surface area contributed by atoms with Crippen molar-refractivity contribution < 1.29 is 4.74 Å². The van der Waals surface area contributed by atoms with E-state index in [-0.39, 0.29) is 0 Å². The van der Waals surface area contributed by atoms with Crippen molar-refractivity contribution in [2.75, 3.05) is 26.3 Å². The summed E-state index contributed by atoms with van der Waals surface area (Å²) in [6.07, 6.45) is 2.35. The van der Waals surface area contributed by atoms with Crippen LogP contribution in [0, 0.1) is 5.41 Å². The number of rotatable bonds is 1.